The van der Waals surface area contributed by atoms with Crippen molar-refractivity contribution in [2.75, 3.05) is 26.2 Å². The highest BCUT2D eigenvalue weighted by molar-refractivity contribution is 5.09. The lowest BCUT2D eigenvalue weighted by Gasteiger charge is -2.23. The molecule has 1 unspecified atom stereocenters. The van der Waals surface area contributed by atoms with Crippen molar-refractivity contribution in [2.45, 2.75) is 25.4 Å². The van der Waals surface area contributed by atoms with E-state index in [2.05, 4.69) is 27.3 Å². The van der Waals surface area contributed by atoms with Crippen LogP contribution >= 0.6 is 0 Å². The van der Waals surface area contributed by atoms with E-state index in [0.717, 1.165) is 32.6 Å². The minimum Gasteiger partial charge on any atom is -0.396 e. The molecule has 1 aromatic heterocycles. The van der Waals surface area contributed by atoms with Crippen LogP contribution in [0.2, 0.25) is 0 Å². The maximum absolute atomic E-state index is 9.02. The van der Waals surface area contributed by atoms with E-state index in [1.807, 2.05) is 12.4 Å². The van der Waals surface area contributed by atoms with Gasteiger partial charge in [0, 0.05) is 38.1 Å². The van der Waals surface area contributed by atoms with E-state index in [1.54, 1.807) is 0 Å². The van der Waals surface area contributed by atoms with E-state index in [1.165, 1.54) is 12.0 Å². The smallest absolute Gasteiger partial charge is 0.0446 e. The van der Waals surface area contributed by atoms with Crippen LogP contribution in [0.5, 0.6) is 0 Å². The van der Waals surface area contributed by atoms with Gasteiger partial charge in [0.05, 0.1) is 0 Å². The Morgan fingerprint density at radius 1 is 1.41 bits per heavy atom. The molecule has 1 aromatic rings. The molecule has 17 heavy (non-hydrogen) atoms. The van der Waals surface area contributed by atoms with Crippen LogP contribution < -0.4 is 5.32 Å². The van der Waals surface area contributed by atoms with Crippen LogP contribution in [0.3, 0.4) is 0 Å². The molecule has 2 N–H and O–H groups in total. The van der Waals surface area contributed by atoms with Crippen molar-refractivity contribution in [1.29, 1.82) is 0 Å². The van der Waals surface area contributed by atoms with Gasteiger partial charge in [0.2, 0.25) is 0 Å². The third-order valence-electron chi connectivity index (χ3n) is 3.20. The molecule has 4 heteroatoms. The molecule has 0 aliphatic carbocycles. The number of nitrogens with one attached hydrogen (secondary N) is 1. The zero-order chi connectivity index (χ0) is 11.9. The summed E-state index contributed by atoms with van der Waals surface area (Å²) in [6.07, 6.45) is 5.70. The Balaban J connectivity index is 1.90. The summed E-state index contributed by atoms with van der Waals surface area (Å²) in [5.74, 6) is 0. The monoisotopic (exact) mass is 235 g/mol. The van der Waals surface area contributed by atoms with Crippen molar-refractivity contribution in [3.8, 4) is 0 Å². The highest BCUT2D eigenvalue weighted by atomic mass is 16.3. The first-order chi connectivity index (χ1) is 8.38. The Labute approximate surface area is 103 Å². The van der Waals surface area contributed by atoms with Crippen LogP contribution in [-0.4, -0.2) is 47.3 Å². The fourth-order valence-corrected chi connectivity index (χ4v) is 2.32. The summed E-state index contributed by atoms with van der Waals surface area (Å²) in [5, 5.41) is 12.5. The molecule has 1 aliphatic rings. The Kier molecular flexibility index (Phi) is 4.91. The van der Waals surface area contributed by atoms with Crippen molar-refractivity contribution < 1.29 is 5.11 Å². The van der Waals surface area contributed by atoms with Crippen LogP contribution in [0, 0.1) is 0 Å². The van der Waals surface area contributed by atoms with Gasteiger partial charge in [-0.15, -0.1) is 0 Å². The molecule has 0 spiro atoms. The summed E-state index contributed by atoms with van der Waals surface area (Å²) in [6, 6.07) is 4.56. The SMILES string of the molecule is OCCC1CN(Cc2ccncc2)CCCN1. The van der Waals surface area contributed by atoms with Gasteiger partial charge in [-0.1, -0.05) is 0 Å². The molecule has 1 fully saturated rings. The number of aromatic nitrogens is 1. The molecule has 4 nitrogen and oxygen atoms in total. The number of hydrogen-bond acceptors (Lipinski definition) is 4. The van der Waals surface area contributed by atoms with Crippen LogP contribution in [0.1, 0.15) is 18.4 Å². The quantitative estimate of drug-likeness (QED) is 0.803. The number of aliphatic hydroxyl groups is 1. The molecular formula is C13H21N3O. The predicted molar refractivity (Wildman–Crippen MR) is 67.6 cm³/mol. The predicted octanol–water partition coefficient (Wildman–Crippen LogP) is 0.628. The summed E-state index contributed by atoms with van der Waals surface area (Å²) in [7, 11) is 0. The fourth-order valence-electron chi connectivity index (χ4n) is 2.32. The fraction of sp³-hybridized carbons (Fsp3) is 0.615. The van der Waals surface area contributed by atoms with Gasteiger partial charge in [0.1, 0.15) is 0 Å². The molecule has 0 aromatic carbocycles. The maximum atomic E-state index is 9.02. The highest BCUT2D eigenvalue weighted by Gasteiger charge is 2.16. The average Bonchev–Trinajstić information content (AvgIpc) is 2.56. The van der Waals surface area contributed by atoms with E-state index in [0.29, 0.717) is 6.04 Å². The Morgan fingerprint density at radius 3 is 3.00 bits per heavy atom. The molecule has 0 amide bonds. The molecule has 94 valence electrons. The van der Waals surface area contributed by atoms with E-state index >= 15 is 0 Å². The van der Waals surface area contributed by atoms with E-state index < -0.39 is 0 Å². The molecular weight excluding hydrogens is 214 g/mol. The molecule has 0 radical (unpaired) electrons. The lowest BCUT2D eigenvalue weighted by Crippen LogP contribution is -2.38. The Morgan fingerprint density at radius 2 is 2.24 bits per heavy atom. The Bertz CT molecular complexity index is 318. The topological polar surface area (TPSA) is 48.4 Å². The first kappa shape index (κ1) is 12.5. The number of aliphatic hydroxyl groups excluding tert-OH is 1. The zero-order valence-electron chi connectivity index (χ0n) is 10.2. The summed E-state index contributed by atoms with van der Waals surface area (Å²) < 4.78 is 0. The minimum absolute atomic E-state index is 0.265. The van der Waals surface area contributed by atoms with Crippen molar-refractivity contribution in [1.82, 2.24) is 15.2 Å². The van der Waals surface area contributed by atoms with Gasteiger partial charge < -0.3 is 10.4 Å². The zero-order valence-corrected chi connectivity index (χ0v) is 10.2. The lowest BCUT2D eigenvalue weighted by atomic mass is 10.2. The largest absolute Gasteiger partial charge is 0.396 e. The normalized spacial score (nSPS) is 22.3. The van der Waals surface area contributed by atoms with Crippen molar-refractivity contribution in [2.24, 2.45) is 0 Å². The lowest BCUT2D eigenvalue weighted by molar-refractivity contribution is 0.223. The first-order valence-electron chi connectivity index (χ1n) is 6.34. The molecule has 1 atom stereocenters. The van der Waals surface area contributed by atoms with Crippen LogP contribution in [0.25, 0.3) is 0 Å². The van der Waals surface area contributed by atoms with Crippen molar-refractivity contribution in [3.05, 3.63) is 30.1 Å². The molecule has 2 heterocycles. The van der Waals surface area contributed by atoms with E-state index in [4.69, 9.17) is 5.11 Å². The molecule has 0 bridgehead atoms. The summed E-state index contributed by atoms with van der Waals surface area (Å²) in [4.78, 5) is 6.49. The second kappa shape index (κ2) is 6.69. The van der Waals surface area contributed by atoms with Gasteiger partial charge >= 0.3 is 0 Å². The van der Waals surface area contributed by atoms with Crippen LogP contribution in [-0.2, 0) is 6.54 Å². The molecule has 0 saturated carbocycles. The standard InChI is InChI=1S/C13H21N3O/c17-9-4-13-11-16(8-1-5-15-13)10-12-2-6-14-7-3-12/h2-3,6-7,13,15,17H,1,4-5,8-11H2. The third-order valence-corrected chi connectivity index (χ3v) is 3.20. The first-order valence-corrected chi connectivity index (χ1v) is 6.34. The van der Waals surface area contributed by atoms with Gasteiger partial charge in [-0.3, -0.25) is 9.88 Å². The maximum Gasteiger partial charge on any atom is 0.0446 e. The number of nitrogens with zero attached hydrogens (tertiary/aromatic N) is 2. The van der Waals surface area contributed by atoms with Gasteiger partial charge in [0.15, 0.2) is 0 Å². The Hall–Kier alpha value is -0.970. The van der Waals surface area contributed by atoms with Gasteiger partial charge in [0.25, 0.3) is 0 Å². The van der Waals surface area contributed by atoms with Gasteiger partial charge in [-0.2, -0.15) is 0 Å². The summed E-state index contributed by atoms with van der Waals surface area (Å²) >= 11 is 0. The van der Waals surface area contributed by atoms with Crippen LogP contribution in [0.4, 0.5) is 0 Å². The van der Waals surface area contributed by atoms with Crippen molar-refractivity contribution >= 4 is 0 Å². The number of pyridine rings is 1. The average molecular weight is 235 g/mol. The van der Waals surface area contributed by atoms with Gasteiger partial charge in [-0.25, -0.2) is 0 Å². The van der Waals surface area contributed by atoms with E-state index in [9.17, 15) is 0 Å². The summed E-state index contributed by atoms with van der Waals surface area (Å²) in [5.41, 5.74) is 1.31. The number of hydrogen-bond donors (Lipinski definition) is 2. The highest BCUT2D eigenvalue weighted by Crippen LogP contribution is 2.08. The molecule has 1 saturated heterocycles. The minimum atomic E-state index is 0.265. The number of rotatable bonds is 4. The van der Waals surface area contributed by atoms with Crippen LogP contribution in [0.15, 0.2) is 24.5 Å². The van der Waals surface area contributed by atoms with Crippen molar-refractivity contribution in [3.63, 3.8) is 0 Å². The van der Waals surface area contributed by atoms with Gasteiger partial charge in [-0.05, 0) is 43.6 Å². The second-order valence-electron chi connectivity index (χ2n) is 4.61. The third kappa shape index (κ3) is 4.07. The second-order valence-corrected chi connectivity index (χ2v) is 4.61. The molecule has 2 rings (SSSR count). The van der Waals surface area contributed by atoms with E-state index in [-0.39, 0.29) is 6.61 Å². The molecule has 1 aliphatic heterocycles. The summed E-state index contributed by atoms with van der Waals surface area (Å²) in [6.45, 7) is 4.44.